The Bertz CT molecular complexity index is 780. The highest BCUT2D eigenvalue weighted by Crippen LogP contribution is 2.27. The van der Waals surface area contributed by atoms with Crippen LogP contribution in [0.4, 0.5) is 5.69 Å². The summed E-state index contributed by atoms with van der Waals surface area (Å²) in [6, 6.07) is 7.96. The molecule has 0 bridgehead atoms. The van der Waals surface area contributed by atoms with Crippen LogP contribution in [0.5, 0.6) is 0 Å². The van der Waals surface area contributed by atoms with Crippen molar-refractivity contribution in [3.63, 3.8) is 0 Å². The number of carbonyl (C=O) groups is 1. The lowest BCUT2D eigenvalue weighted by Gasteiger charge is -2.29. The summed E-state index contributed by atoms with van der Waals surface area (Å²) >= 11 is 0. The number of rotatable bonds is 2. The van der Waals surface area contributed by atoms with Gasteiger partial charge in [-0.15, -0.1) is 0 Å². The molecule has 1 N–H and O–H groups in total. The maximum Gasteiger partial charge on any atom is 0.254 e. The second kappa shape index (κ2) is 5.75. The van der Waals surface area contributed by atoms with E-state index in [0.717, 1.165) is 18.5 Å². The van der Waals surface area contributed by atoms with Crippen molar-refractivity contribution in [3.8, 4) is 0 Å². The third-order valence-electron chi connectivity index (χ3n) is 4.08. The first-order chi connectivity index (χ1) is 10.6. The maximum absolute atomic E-state index is 12.7. The average Bonchev–Trinajstić information content (AvgIpc) is 2.50. The Kier molecular flexibility index (Phi) is 3.79. The van der Waals surface area contributed by atoms with Gasteiger partial charge < -0.3 is 9.88 Å². The molecule has 0 saturated heterocycles. The molecule has 1 aliphatic heterocycles. The van der Waals surface area contributed by atoms with Gasteiger partial charge in [-0.2, -0.15) is 0 Å². The molecule has 22 heavy (non-hydrogen) atoms. The molecule has 5 nitrogen and oxygen atoms in total. The molecule has 5 heteroatoms. The lowest BCUT2D eigenvalue weighted by molar-refractivity contribution is -0.118. The van der Waals surface area contributed by atoms with Crippen molar-refractivity contribution < 1.29 is 4.79 Å². The molecule has 3 rings (SSSR count). The van der Waals surface area contributed by atoms with E-state index < -0.39 is 0 Å². The molecule has 0 fully saturated rings. The molecule has 0 spiro atoms. The van der Waals surface area contributed by atoms with E-state index in [1.807, 2.05) is 18.2 Å². The first kappa shape index (κ1) is 14.5. The number of nitrogens with one attached hydrogen (secondary N) is 1. The van der Waals surface area contributed by atoms with Gasteiger partial charge in [-0.05, 0) is 38.3 Å². The number of anilines is 1. The number of aromatic amines is 1. The minimum absolute atomic E-state index is 0.0496. The number of fused-ring (bicyclic) bond motifs is 1. The van der Waals surface area contributed by atoms with Crippen molar-refractivity contribution in [2.75, 3.05) is 11.4 Å². The molecule has 0 saturated carbocycles. The van der Waals surface area contributed by atoms with Crippen LogP contribution in [0.1, 0.15) is 29.1 Å². The zero-order chi connectivity index (χ0) is 15.7. The fourth-order valence-corrected chi connectivity index (χ4v) is 3.00. The SMILES string of the molecule is Cc1nc(C)c(CC(=O)N2CCCc3ccccc32)c(=O)[nH]1. The molecule has 114 valence electrons. The maximum atomic E-state index is 12.7. The first-order valence-electron chi connectivity index (χ1n) is 7.51. The number of nitrogens with zero attached hydrogens (tertiary/aromatic N) is 2. The van der Waals surface area contributed by atoms with Gasteiger partial charge in [-0.1, -0.05) is 18.2 Å². The molecule has 0 radical (unpaired) electrons. The third kappa shape index (κ3) is 2.66. The fourth-order valence-electron chi connectivity index (χ4n) is 3.00. The van der Waals surface area contributed by atoms with Gasteiger partial charge in [0.25, 0.3) is 5.56 Å². The van der Waals surface area contributed by atoms with Gasteiger partial charge in [0.2, 0.25) is 5.91 Å². The summed E-state index contributed by atoms with van der Waals surface area (Å²) in [4.78, 5) is 33.4. The summed E-state index contributed by atoms with van der Waals surface area (Å²) in [5.74, 6) is 0.522. The van der Waals surface area contributed by atoms with Crippen molar-refractivity contribution in [2.45, 2.75) is 33.1 Å². The second-order valence-corrected chi connectivity index (χ2v) is 5.67. The monoisotopic (exact) mass is 297 g/mol. The van der Waals surface area contributed by atoms with Crippen LogP contribution in [0.15, 0.2) is 29.1 Å². The Balaban J connectivity index is 1.89. The van der Waals surface area contributed by atoms with Crippen LogP contribution in [-0.2, 0) is 17.6 Å². The number of para-hydroxylation sites is 1. The summed E-state index contributed by atoms with van der Waals surface area (Å²) in [6.45, 7) is 4.21. The number of amides is 1. The second-order valence-electron chi connectivity index (χ2n) is 5.67. The summed E-state index contributed by atoms with van der Waals surface area (Å²) in [5, 5.41) is 0. The summed E-state index contributed by atoms with van der Waals surface area (Å²) in [7, 11) is 0. The van der Waals surface area contributed by atoms with Gasteiger partial charge in [-0.3, -0.25) is 9.59 Å². The summed E-state index contributed by atoms with van der Waals surface area (Å²) in [6.07, 6.45) is 2.03. The Hall–Kier alpha value is -2.43. The van der Waals surface area contributed by atoms with E-state index in [4.69, 9.17) is 0 Å². The average molecular weight is 297 g/mol. The molecule has 1 aromatic carbocycles. The van der Waals surface area contributed by atoms with E-state index in [1.165, 1.54) is 5.56 Å². The van der Waals surface area contributed by atoms with Crippen molar-refractivity contribution in [1.29, 1.82) is 0 Å². The summed E-state index contributed by atoms with van der Waals surface area (Å²) in [5.41, 5.74) is 3.02. The minimum Gasteiger partial charge on any atom is -0.312 e. The number of aryl methyl sites for hydroxylation is 3. The van der Waals surface area contributed by atoms with Crippen LogP contribution in [-0.4, -0.2) is 22.4 Å². The standard InChI is InChI=1S/C17H19N3O2/c1-11-14(17(22)19-12(2)18-11)10-16(21)20-9-5-7-13-6-3-4-8-15(13)20/h3-4,6,8H,5,7,9-10H2,1-2H3,(H,18,19,22). The van der Waals surface area contributed by atoms with E-state index >= 15 is 0 Å². The molecule has 0 aliphatic carbocycles. The Morgan fingerprint density at radius 2 is 2.09 bits per heavy atom. The van der Waals surface area contributed by atoms with E-state index in [1.54, 1.807) is 18.7 Å². The zero-order valence-electron chi connectivity index (χ0n) is 12.8. The number of benzene rings is 1. The van der Waals surface area contributed by atoms with Gasteiger partial charge in [0, 0.05) is 23.5 Å². The predicted octanol–water partition coefficient (Wildman–Crippen LogP) is 1.91. The van der Waals surface area contributed by atoms with Crippen LogP contribution in [0.25, 0.3) is 0 Å². The lowest BCUT2D eigenvalue weighted by Crippen LogP contribution is -2.37. The molecule has 2 heterocycles. The molecule has 1 amide bonds. The van der Waals surface area contributed by atoms with Gasteiger partial charge in [-0.25, -0.2) is 4.98 Å². The van der Waals surface area contributed by atoms with E-state index in [9.17, 15) is 9.59 Å². The number of carbonyl (C=O) groups excluding carboxylic acids is 1. The number of hydrogen-bond acceptors (Lipinski definition) is 3. The van der Waals surface area contributed by atoms with Crippen LogP contribution >= 0.6 is 0 Å². The predicted molar refractivity (Wildman–Crippen MR) is 85.2 cm³/mol. The molecule has 2 aromatic rings. The topological polar surface area (TPSA) is 66.1 Å². The van der Waals surface area contributed by atoms with Gasteiger partial charge >= 0.3 is 0 Å². The van der Waals surface area contributed by atoms with E-state index in [2.05, 4.69) is 16.0 Å². The van der Waals surface area contributed by atoms with Crippen molar-refractivity contribution in [3.05, 3.63) is 57.3 Å². The number of aromatic nitrogens is 2. The molecular formula is C17H19N3O2. The smallest absolute Gasteiger partial charge is 0.254 e. The van der Waals surface area contributed by atoms with Crippen LogP contribution in [0.2, 0.25) is 0 Å². The quantitative estimate of drug-likeness (QED) is 0.921. The largest absolute Gasteiger partial charge is 0.312 e. The minimum atomic E-state index is -0.219. The highest BCUT2D eigenvalue weighted by atomic mass is 16.2. The normalized spacial score (nSPS) is 13.8. The van der Waals surface area contributed by atoms with Gasteiger partial charge in [0.1, 0.15) is 5.82 Å². The van der Waals surface area contributed by atoms with Crippen LogP contribution in [0, 0.1) is 13.8 Å². The van der Waals surface area contributed by atoms with Crippen molar-refractivity contribution in [1.82, 2.24) is 9.97 Å². The van der Waals surface area contributed by atoms with E-state index in [-0.39, 0.29) is 17.9 Å². The van der Waals surface area contributed by atoms with Gasteiger partial charge in [0.05, 0.1) is 6.42 Å². The van der Waals surface area contributed by atoms with Crippen molar-refractivity contribution >= 4 is 11.6 Å². The number of H-pyrrole nitrogens is 1. The van der Waals surface area contributed by atoms with E-state index in [0.29, 0.717) is 23.6 Å². The highest BCUT2D eigenvalue weighted by molar-refractivity contribution is 5.95. The zero-order valence-corrected chi connectivity index (χ0v) is 12.8. The fraction of sp³-hybridized carbons (Fsp3) is 0.353. The lowest BCUT2D eigenvalue weighted by atomic mass is 10.0. The Morgan fingerprint density at radius 3 is 2.86 bits per heavy atom. The molecular weight excluding hydrogens is 278 g/mol. The Morgan fingerprint density at radius 1 is 1.32 bits per heavy atom. The molecule has 0 atom stereocenters. The first-order valence-corrected chi connectivity index (χ1v) is 7.51. The molecule has 0 unspecified atom stereocenters. The highest BCUT2D eigenvalue weighted by Gasteiger charge is 2.23. The van der Waals surface area contributed by atoms with Crippen LogP contribution in [0.3, 0.4) is 0 Å². The summed E-state index contributed by atoms with van der Waals surface area (Å²) < 4.78 is 0. The van der Waals surface area contributed by atoms with Gasteiger partial charge in [0.15, 0.2) is 0 Å². The molecule has 1 aromatic heterocycles. The van der Waals surface area contributed by atoms with Crippen LogP contribution < -0.4 is 10.5 Å². The third-order valence-corrected chi connectivity index (χ3v) is 4.08. The van der Waals surface area contributed by atoms with Crippen molar-refractivity contribution in [2.24, 2.45) is 0 Å². The Labute approximate surface area is 129 Å². The molecule has 1 aliphatic rings. The number of hydrogen-bond donors (Lipinski definition) is 1.